The highest BCUT2D eigenvalue weighted by atomic mass is 19.1. The van der Waals surface area contributed by atoms with E-state index < -0.39 is 11.9 Å². The molecule has 0 aliphatic carbocycles. The summed E-state index contributed by atoms with van der Waals surface area (Å²) < 4.78 is 20.0. The number of carbonyl (C=O) groups is 1. The number of aryl methyl sites for hydroxylation is 2. The van der Waals surface area contributed by atoms with E-state index in [2.05, 4.69) is 10.3 Å². The van der Waals surface area contributed by atoms with E-state index in [4.69, 9.17) is 10.5 Å². The molecule has 0 radical (unpaired) electrons. The molecule has 2 aliphatic rings. The molecule has 3 heterocycles. The Kier molecular flexibility index (Phi) is 5.55. The highest BCUT2D eigenvalue weighted by molar-refractivity contribution is 5.94. The van der Waals surface area contributed by atoms with Gasteiger partial charge < -0.3 is 20.9 Å². The summed E-state index contributed by atoms with van der Waals surface area (Å²) in [6, 6.07) is 19.2. The monoisotopic (exact) mass is 495 g/mol. The standard InChI is InChI=1S/C30H26FN3O3/c1-15-10-26(32)34-16(2)25(15)14-33-30(36)19-7-9-22-24(13-19)29-23-12-18(6-8-21(23)28(22)37-29)27(35)17-4-3-5-20(31)11-17/h3-13,27-29,35H,14H2,1-2H3,(H2,32,34)(H,33,36)/t27?,28-,29+/m0/s1. The van der Waals surface area contributed by atoms with Crippen LogP contribution in [0.1, 0.15) is 78.9 Å². The molecule has 6 nitrogen and oxygen atoms in total. The van der Waals surface area contributed by atoms with Crippen molar-refractivity contribution in [2.24, 2.45) is 0 Å². The molecule has 186 valence electrons. The molecule has 0 saturated heterocycles. The van der Waals surface area contributed by atoms with E-state index in [1.807, 2.05) is 50.2 Å². The van der Waals surface area contributed by atoms with E-state index in [9.17, 15) is 14.3 Å². The predicted molar refractivity (Wildman–Crippen MR) is 137 cm³/mol. The number of anilines is 1. The lowest BCUT2D eigenvalue weighted by Crippen LogP contribution is -2.24. The average molecular weight is 496 g/mol. The number of aromatic nitrogens is 1. The molecular weight excluding hydrogens is 469 g/mol. The number of benzene rings is 3. The maximum absolute atomic E-state index is 13.7. The molecule has 2 bridgehead atoms. The van der Waals surface area contributed by atoms with Gasteiger partial charge in [0, 0.05) is 17.8 Å². The Hall–Kier alpha value is -4.07. The number of aliphatic hydroxyl groups is 1. The predicted octanol–water partition coefficient (Wildman–Crippen LogP) is 4.95. The maximum Gasteiger partial charge on any atom is 0.251 e. The molecule has 2 aliphatic heterocycles. The number of nitrogens with zero attached hydrogens (tertiary/aromatic N) is 1. The Morgan fingerprint density at radius 2 is 1.70 bits per heavy atom. The van der Waals surface area contributed by atoms with Gasteiger partial charge in [0.1, 0.15) is 29.9 Å². The van der Waals surface area contributed by atoms with Crippen molar-refractivity contribution < 1.29 is 19.0 Å². The number of pyridine rings is 1. The molecule has 1 unspecified atom stereocenters. The Balaban J connectivity index is 1.24. The van der Waals surface area contributed by atoms with Gasteiger partial charge in [0.15, 0.2) is 0 Å². The Morgan fingerprint density at radius 3 is 2.46 bits per heavy atom. The van der Waals surface area contributed by atoms with E-state index >= 15 is 0 Å². The van der Waals surface area contributed by atoms with E-state index in [1.165, 1.54) is 12.1 Å². The zero-order chi connectivity index (χ0) is 25.8. The van der Waals surface area contributed by atoms with Gasteiger partial charge in [-0.25, -0.2) is 9.37 Å². The SMILES string of the molecule is Cc1cc(N)nc(C)c1CNC(=O)c1ccc2c(c1)[C@@H]1O[C@H]2c2ccc(C(O)c3cccc(F)c3)cc21. The maximum atomic E-state index is 13.7. The van der Waals surface area contributed by atoms with Crippen LogP contribution < -0.4 is 11.1 Å². The Morgan fingerprint density at radius 1 is 1.00 bits per heavy atom. The van der Waals surface area contributed by atoms with Crippen LogP contribution >= 0.6 is 0 Å². The molecule has 3 aromatic carbocycles. The fourth-order valence-electron chi connectivity index (χ4n) is 5.47. The number of halogens is 1. The topological polar surface area (TPSA) is 97.5 Å². The van der Waals surface area contributed by atoms with Crippen molar-refractivity contribution in [1.29, 1.82) is 0 Å². The van der Waals surface area contributed by atoms with Crippen molar-refractivity contribution in [3.63, 3.8) is 0 Å². The molecule has 1 aromatic heterocycles. The van der Waals surface area contributed by atoms with Gasteiger partial charge in [-0.15, -0.1) is 0 Å². The van der Waals surface area contributed by atoms with Crippen LogP contribution in [-0.4, -0.2) is 16.0 Å². The number of rotatable bonds is 5. The third-order valence-corrected chi connectivity index (χ3v) is 7.34. The quantitative estimate of drug-likeness (QED) is 0.364. The number of ether oxygens (including phenoxy) is 1. The van der Waals surface area contributed by atoms with Crippen LogP contribution in [0.4, 0.5) is 10.2 Å². The first-order valence-electron chi connectivity index (χ1n) is 12.2. The third-order valence-electron chi connectivity index (χ3n) is 7.34. The smallest absolute Gasteiger partial charge is 0.251 e. The Labute approximate surface area is 213 Å². The first-order chi connectivity index (χ1) is 17.8. The molecule has 37 heavy (non-hydrogen) atoms. The summed E-state index contributed by atoms with van der Waals surface area (Å²) in [7, 11) is 0. The summed E-state index contributed by atoms with van der Waals surface area (Å²) in [6.45, 7) is 4.19. The van der Waals surface area contributed by atoms with Crippen LogP contribution in [-0.2, 0) is 11.3 Å². The van der Waals surface area contributed by atoms with E-state index in [1.54, 1.807) is 18.2 Å². The largest absolute Gasteiger partial charge is 0.384 e. The number of nitrogens with one attached hydrogen (secondary N) is 1. The average Bonchev–Trinajstić information content (AvgIpc) is 3.44. The van der Waals surface area contributed by atoms with Gasteiger partial charge in [-0.05, 0) is 94.8 Å². The van der Waals surface area contributed by atoms with Crippen molar-refractivity contribution >= 4 is 11.7 Å². The zero-order valence-electron chi connectivity index (χ0n) is 20.5. The molecule has 4 aromatic rings. The molecule has 7 heteroatoms. The minimum atomic E-state index is -0.952. The highest BCUT2D eigenvalue weighted by Gasteiger charge is 2.43. The summed E-state index contributed by atoms with van der Waals surface area (Å²) >= 11 is 0. The molecule has 0 spiro atoms. The second-order valence-corrected chi connectivity index (χ2v) is 9.70. The molecule has 1 amide bonds. The van der Waals surface area contributed by atoms with Crippen molar-refractivity contribution in [1.82, 2.24) is 10.3 Å². The van der Waals surface area contributed by atoms with Gasteiger partial charge in [-0.1, -0.05) is 30.3 Å². The minimum Gasteiger partial charge on any atom is -0.384 e. The number of carbonyl (C=O) groups excluding carboxylic acids is 1. The number of nitrogen functional groups attached to an aromatic ring is 1. The summed E-state index contributed by atoms with van der Waals surface area (Å²) in [5.74, 6) is -0.111. The third kappa shape index (κ3) is 3.97. The first-order valence-corrected chi connectivity index (χ1v) is 12.2. The summed E-state index contributed by atoms with van der Waals surface area (Å²) in [4.78, 5) is 17.3. The zero-order valence-corrected chi connectivity index (χ0v) is 20.5. The van der Waals surface area contributed by atoms with Crippen molar-refractivity contribution in [3.8, 4) is 0 Å². The summed E-state index contributed by atoms with van der Waals surface area (Å²) in [5, 5.41) is 13.9. The summed E-state index contributed by atoms with van der Waals surface area (Å²) in [5.41, 5.74) is 14.2. The molecule has 0 saturated carbocycles. The molecule has 3 atom stereocenters. The minimum absolute atomic E-state index is 0.184. The number of hydrogen-bond acceptors (Lipinski definition) is 5. The molecule has 4 N–H and O–H groups in total. The lowest BCUT2D eigenvalue weighted by atomic mass is 9.83. The number of aliphatic hydroxyl groups excluding tert-OH is 1. The van der Waals surface area contributed by atoms with Crippen LogP contribution in [0.5, 0.6) is 0 Å². The van der Waals surface area contributed by atoms with Crippen LogP contribution in [0.3, 0.4) is 0 Å². The van der Waals surface area contributed by atoms with Crippen LogP contribution in [0.15, 0.2) is 66.7 Å². The lowest BCUT2D eigenvalue weighted by Gasteiger charge is -2.19. The van der Waals surface area contributed by atoms with Crippen LogP contribution in [0.25, 0.3) is 0 Å². The number of amides is 1. The fraction of sp³-hybridized carbons (Fsp3) is 0.200. The fourth-order valence-corrected chi connectivity index (χ4v) is 5.47. The normalized spacial score (nSPS) is 17.8. The molecule has 6 rings (SSSR count). The summed E-state index contributed by atoms with van der Waals surface area (Å²) in [6.07, 6.45) is -1.49. The second kappa shape index (κ2) is 8.80. The van der Waals surface area contributed by atoms with Crippen molar-refractivity contribution in [2.75, 3.05) is 5.73 Å². The van der Waals surface area contributed by atoms with E-state index in [-0.39, 0.29) is 18.1 Å². The van der Waals surface area contributed by atoms with Gasteiger partial charge in [0.2, 0.25) is 0 Å². The van der Waals surface area contributed by atoms with Gasteiger partial charge >= 0.3 is 0 Å². The van der Waals surface area contributed by atoms with Gasteiger partial charge in [-0.3, -0.25) is 4.79 Å². The first kappa shape index (κ1) is 23.3. The van der Waals surface area contributed by atoms with Crippen molar-refractivity contribution in [3.05, 3.63) is 128 Å². The number of hydrogen-bond donors (Lipinski definition) is 3. The molecular formula is C30H26FN3O3. The van der Waals surface area contributed by atoms with Gasteiger partial charge in [0.05, 0.1) is 0 Å². The Bertz CT molecular complexity index is 1540. The van der Waals surface area contributed by atoms with E-state index in [0.717, 1.165) is 39.1 Å². The lowest BCUT2D eigenvalue weighted by molar-refractivity contribution is 0.0856. The number of fused-ring (bicyclic) bond motifs is 8. The highest BCUT2D eigenvalue weighted by Crippen LogP contribution is 2.54. The second-order valence-electron chi connectivity index (χ2n) is 9.70. The van der Waals surface area contributed by atoms with Crippen LogP contribution in [0, 0.1) is 19.7 Å². The van der Waals surface area contributed by atoms with Crippen LogP contribution in [0.2, 0.25) is 0 Å². The van der Waals surface area contributed by atoms with Gasteiger partial charge in [0.25, 0.3) is 5.91 Å². The van der Waals surface area contributed by atoms with E-state index in [0.29, 0.717) is 29.1 Å². The van der Waals surface area contributed by atoms with Gasteiger partial charge in [-0.2, -0.15) is 0 Å². The van der Waals surface area contributed by atoms with Crippen molar-refractivity contribution in [2.45, 2.75) is 38.7 Å². The number of nitrogens with two attached hydrogens (primary N) is 1. The molecule has 0 fully saturated rings.